The van der Waals surface area contributed by atoms with Crippen molar-refractivity contribution >= 4 is 5.91 Å². The largest absolute Gasteiger partial charge is 0.493 e. The Morgan fingerprint density at radius 1 is 1.45 bits per heavy atom. The quantitative estimate of drug-likeness (QED) is 0.831. The second-order valence-corrected chi connectivity index (χ2v) is 4.95. The van der Waals surface area contributed by atoms with E-state index in [1.54, 1.807) is 17.0 Å². The van der Waals surface area contributed by atoms with Crippen LogP contribution in [-0.2, 0) is 4.79 Å². The van der Waals surface area contributed by atoms with Crippen LogP contribution in [0.15, 0.2) is 24.3 Å². The zero-order valence-electron chi connectivity index (χ0n) is 11.4. The van der Waals surface area contributed by atoms with E-state index in [-0.39, 0.29) is 37.4 Å². The molecule has 0 spiro atoms. The molecule has 0 unspecified atom stereocenters. The first-order valence-electron chi connectivity index (χ1n) is 6.99. The minimum atomic E-state index is -0.356. The number of carbonyl (C=O) groups is 1. The van der Waals surface area contributed by atoms with E-state index >= 15 is 0 Å². The first kappa shape index (κ1) is 14.8. The molecule has 5 heteroatoms. The van der Waals surface area contributed by atoms with Gasteiger partial charge in [-0.15, -0.1) is 0 Å². The predicted molar refractivity (Wildman–Crippen MR) is 72.9 cm³/mol. The number of hydrogen-bond acceptors (Lipinski definition) is 3. The van der Waals surface area contributed by atoms with Crippen molar-refractivity contribution < 1.29 is 19.0 Å². The SMILES string of the molecule is O=C(CCOc1cccc(F)c1)N(CCO)C1CCC1. The third-order valence-electron chi connectivity index (χ3n) is 3.56. The number of aliphatic hydroxyl groups is 1. The van der Waals surface area contributed by atoms with Gasteiger partial charge in [-0.1, -0.05) is 6.07 Å². The van der Waals surface area contributed by atoms with Crippen molar-refractivity contribution in [3.05, 3.63) is 30.1 Å². The number of halogens is 1. The van der Waals surface area contributed by atoms with Crippen LogP contribution in [0.4, 0.5) is 4.39 Å². The summed E-state index contributed by atoms with van der Waals surface area (Å²) in [6, 6.07) is 6.13. The summed E-state index contributed by atoms with van der Waals surface area (Å²) >= 11 is 0. The van der Waals surface area contributed by atoms with Crippen LogP contribution in [-0.4, -0.2) is 41.7 Å². The van der Waals surface area contributed by atoms with Crippen molar-refractivity contribution in [3.8, 4) is 5.75 Å². The minimum absolute atomic E-state index is 0.0137. The van der Waals surface area contributed by atoms with Gasteiger partial charge in [-0.3, -0.25) is 4.79 Å². The van der Waals surface area contributed by atoms with Crippen molar-refractivity contribution in [2.45, 2.75) is 31.7 Å². The van der Waals surface area contributed by atoms with Crippen LogP contribution in [0.1, 0.15) is 25.7 Å². The summed E-state index contributed by atoms with van der Waals surface area (Å²) in [7, 11) is 0. The summed E-state index contributed by atoms with van der Waals surface area (Å²) in [4.78, 5) is 13.8. The molecule has 1 aromatic rings. The van der Waals surface area contributed by atoms with Gasteiger partial charge in [0.15, 0.2) is 0 Å². The fourth-order valence-corrected chi connectivity index (χ4v) is 2.27. The molecule has 0 aliphatic heterocycles. The highest BCUT2D eigenvalue weighted by molar-refractivity contribution is 5.76. The van der Waals surface area contributed by atoms with Crippen molar-refractivity contribution in [1.82, 2.24) is 4.90 Å². The third kappa shape index (κ3) is 3.93. The molecule has 0 aromatic heterocycles. The molecule has 0 heterocycles. The van der Waals surface area contributed by atoms with E-state index in [2.05, 4.69) is 0 Å². The van der Waals surface area contributed by atoms with Gasteiger partial charge in [0, 0.05) is 18.7 Å². The molecule has 1 saturated carbocycles. The van der Waals surface area contributed by atoms with Crippen LogP contribution in [0.5, 0.6) is 5.75 Å². The van der Waals surface area contributed by atoms with Gasteiger partial charge >= 0.3 is 0 Å². The van der Waals surface area contributed by atoms with Crippen LogP contribution in [0.25, 0.3) is 0 Å². The Bertz CT molecular complexity index is 448. The van der Waals surface area contributed by atoms with Gasteiger partial charge in [0.1, 0.15) is 11.6 Å². The molecule has 0 atom stereocenters. The van der Waals surface area contributed by atoms with Gasteiger partial charge in [0.2, 0.25) is 5.91 Å². The van der Waals surface area contributed by atoms with Gasteiger partial charge in [-0.2, -0.15) is 0 Å². The van der Waals surface area contributed by atoms with E-state index in [0.717, 1.165) is 19.3 Å². The maximum atomic E-state index is 13.0. The Morgan fingerprint density at radius 2 is 2.25 bits per heavy atom. The number of ether oxygens (including phenoxy) is 1. The standard InChI is InChI=1S/C15H20FNO3/c16-12-3-1-6-14(11-12)20-10-7-15(19)17(8-9-18)13-4-2-5-13/h1,3,6,11,13,18H,2,4-5,7-10H2. The first-order valence-corrected chi connectivity index (χ1v) is 6.99. The van der Waals surface area contributed by atoms with Crippen molar-refractivity contribution in [3.63, 3.8) is 0 Å². The summed E-state index contributed by atoms with van der Waals surface area (Å²) in [5.41, 5.74) is 0. The van der Waals surface area contributed by atoms with Crippen LogP contribution in [0, 0.1) is 5.82 Å². The van der Waals surface area contributed by atoms with E-state index in [4.69, 9.17) is 9.84 Å². The molecule has 1 fully saturated rings. The Morgan fingerprint density at radius 3 is 2.85 bits per heavy atom. The maximum Gasteiger partial charge on any atom is 0.226 e. The molecule has 4 nitrogen and oxygen atoms in total. The smallest absolute Gasteiger partial charge is 0.226 e. The molecule has 0 radical (unpaired) electrons. The van der Waals surface area contributed by atoms with E-state index in [1.165, 1.54) is 12.1 Å². The topological polar surface area (TPSA) is 49.8 Å². The van der Waals surface area contributed by atoms with Gasteiger partial charge in [0.25, 0.3) is 0 Å². The van der Waals surface area contributed by atoms with E-state index in [1.807, 2.05) is 0 Å². The molecule has 1 aliphatic rings. The average Bonchev–Trinajstić information content (AvgIpc) is 2.36. The molecule has 2 rings (SSSR count). The number of aliphatic hydroxyl groups excluding tert-OH is 1. The zero-order valence-corrected chi connectivity index (χ0v) is 11.4. The van der Waals surface area contributed by atoms with Gasteiger partial charge in [-0.05, 0) is 31.4 Å². The monoisotopic (exact) mass is 281 g/mol. The lowest BCUT2D eigenvalue weighted by atomic mass is 9.91. The maximum absolute atomic E-state index is 13.0. The Hall–Kier alpha value is -1.62. The summed E-state index contributed by atoms with van der Waals surface area (Å²) in [5.74, 6) is 0.0560. The van der Waals surface area contributed by atoms with Gasteiger partial charge in [0.05, 0.1) is 19.6 Å². The van der Waals surface area contributed by atoms with Crippen LogP contribution < -0.4 is 4.74 Å². The Kier molecular flexibility index (Phi) is 5.35. The first-order chi connectivity index (χ1) is 9.70. The van der Waals surface area contributed by atoms with Crippen molar-refractivity contribution in [1.29, 1.82) is 0 Å². The van der Waals surface area contributed by atoms with Crippen molar-refractivity contribution in [2.24, 2.45) is 0 Å². The zero-order chi connectivity index (χ0) is 14.4. The highest BCUT2D eigenvalue weighted by atomic mass is 19.1. The number of hydrogen-bond donors (Lipinski definition) is 1. The lowest BCUT2D eigenvalue weighted by Gasteiger charge is -2.37. The van der Waals surface area contributed by atoms with Crippen molar-refractivity contribution in [2.75, 3.05) is 19.8 Å². The normalized spacial score (nSPS) is 14.7. The molecule has 1 aromatic carbocycles. The molecule has 20 heavy (non-hydrogen) atoms. The summed E-state index contributed by atoms with van der Waals surface area (Å²) in [5, 5.41) is 9.02. The van der Waals surface area contributed by atoms with Gasteiger partial charge < -0.3 is 14.7 Å². The molecular formula is C15H20FNO3. The van der Waals surface area contributed by atoms with E-state index in [9.17, 15) is 9.18 Å². The molecule has 1 amide bonds. The summed E-state index contributed by atoms with van der Waals surface area (Å²) < 4.78 is 18.3. The molecule has 1 aliphatic carbocycles. The Balaban J connectivity index is 1.78. The molecular weight excluding hydrogens is 261 g/mol. The molecule has 110 valence electrons. The predicted octanol–water partition coefficient (Wildman–Crippen LogP) is 1.97. The van der Waals surface area contributed by atoms with Crippen LogP contribution in [0.3, 0.4) is 0 Å². The highest BCUT2D eigenvalue weighted by Gasteiger charge is 2.27. The Labute approximate surface area is 118 Å². The summed E-state index contributed by atoms with van der Waals surface area (Å²) in [6.45, 7) is 0.577. The number of amides is 1. The van der Waals surface area contributed by atoms with E-state index in [0.29, 0.717) is 12.3 Å². The fraction of sp³-hybridized carbons (Fsp3) is 0.533. The minimum Gasteiger partial charge on any atom is -0.493 e. The second kappa shape index (κ2) is 7.24. The number of carbonyl (C=O) groups excluding carboxylic acids is 1. The molecule has 0 saturated heterocycles. The van der Waals surface area contributed by atoms with Crippen LogP contribution in [0.2, 0.25) is 0 Å². The second-order valence-electron chi connectivity index (χ2n) is 4.95. The van der Waals surface area contributed by atoms with Crippen LogP contribution >= 0.6 is 0 Å². The lowest BCUT2D eigenvalue weighted by Crippen LogP contribution is -2.46. The number of rotatable bonds is 7. The molecule has 1 N–H and O–H groups in total. The third-order valence-corrected chi connectivity index (χ3v) is 3.56. The highest BCUT2D eigenvalue weighted by Crippen LogP contribution is 2.25. The number of nitrogens with zero attached hydrogens (tertiary/aromatic N) is 1. The average molecular weight is 281 g/mol. The van der Waals surface area contributed by atoms with E-state index < -0.39 is 0 Å². The van der Waals surface area contributed by atoms with Gasteiger partial charge in [-0.25, -0.2) is 4.39 Å². The summed E-state index contributed by atoms with van der Waals surface area (Å²) in [6.07, 6.45) is 3.40. The lowest BCUT2D eigenvalue weighted by molar-refractivity contribution is -0.136. The molecule has 0 bridgehead atoms. The fourth-order valence-electron chi connectivity index (χ4n) is 2.27. The number of benzene rings is 1.